The van der Waals surface area contributed by atoms with Gasteiger partial charge in [-0.15, -0.1) is 0 Å². The average Bonchev–Trinajstić information content (AvgIpc) is 3.23. The molecule has 0 aromatic heterocycles. The highest BCUT2D eigenvalue weighted by Gasteiger charge is 2.60. The number of hydrogen-bond acceptors (Lipinski definition) is 6. The highest BCUT2D eigenvalue weighted by molar-refractivity contribution is 5.00. The van der Waals surface area contributed by atoms with E-state index in [9.17, 15) is 5.11 Å². The molecule has 6 nitrogen and oxygen atoms in total. The molecule has 0 bridgehead atoms. The molecule has 1 N–H and O–H groups in total. The summed E-state index contributed by atoms with van der Waals surface area (Å²) in [6.07, 6.45) is 8.38. The Kier molecular flexibility index (Phi) is 3.92. The van der Waals surface area contributed by atoms with Crippen LogP contribution in [0.25, 0.3) is 0 Å². The van der Waals surface area contributed by atoms with Gasteiger partial charge in [0.05, 0.1) is 6.61 Å². The highest BCUT2D eigenvalue weighted by atomic mass is 16.8. The van der Waals surface area contributed by atoms with Crippen LogP contribution in [0.15, 0.2) is 0 Å². The fourth-order valence-electron chi connectivity index (χ4n) is 5.09. The van der Waals surface area contributed by atoms with E-state index in [1.54, 1.807) is 0 Å². The largest absolute Gasteiger partial charge is 0.387 e. The van der Waals surface area contributed by atoms with E-state index in [2.05, 4.69) is 0 Å². The van der Waals surface area contributed by atoms with Gasteiger partial charge >= 0.3 is 0 Å². The van der Waals surface area contributed by atoms with E-state index in [0.717, 1.165) is 51.4 Å². The van der Waals surface area contributed by atoms with Crippen LogP contribution in [0.4, 0.5) is 0 Å². The molecule has 0 aromatic rings. The second-order valence-corrected chi connectivity index (χ2v) is 8.07. The second kappa shape index (κ2) is 5.89. The minimum absolute atomic E-state index is 0.238. The Morgan fingerprint density at radius 1 is 0.708 bits per heavy atom. The molecule has 2 spiro atoms. The Balaban J connectivity index is 1.24. The van der Waals surface area contributed by atoms with E-state index in [1.165, 1.54) is 12.8 Å². The van der Waals surface area contributed by atoms with Crippen LogP contribution in [0.5, 0.6) is 0 Å². The summed E-state index contributed by atoms with van der Waals surface area (Å²) in [5.74, 6) is -0.979. The molecule has 3 heterocycles. The molecule has 3 saturated heterocycles. The molecule has 0 aromatic carbocycles. The number of fused-ring (bicyclic) bond motifs is 1. The fourth-order valence-corrected chi connectivity index (χ4v) is 5.09. The van der Waals surface area contributed by atoms with Crippen molar-refractivity contribution in [3.05, 3.63) is 0 Å². The Labute approximate surface area is 142 Å². The van der Waals surface area contributed by atoms with Crippen molar-refractivity contribution >= 4 is 0 Å². The number of hydrogen-bond donors (Lipinski definition) is 1. The highest BCUT2D eigenvalue weighted by Crippen LogP contribution is 2.47. The molecule has 0 unspecified atom stereocenters. The van der Waals surface area contributed by atoms with Gasteiger partial charge in [-0.1, -0.05) is 12.8 Å². The molecule has 0 radical (unpaired) electrons. The summed E-state index contributed by atoms with van der Waals surface area (Å²) in [5, 5.41) is 10.8. The van der Waals surface area contributed by atoms with Crippen LogP contribution in [-0.2, 0) is 23.7 Å². The Bertz CT molecular complexity index is 470. The van der Waals surface area contributed by atoms with Gasteiger partial charge in [0.2, 0.25) is 0 Å². The monoisotopic (exact) mass is 340 g/mol. The summed E-state index contributed by atoms with van der Waals surface area (Å²) in [4.78, 5) is 0. The van der Waals surface area contributed by atoms with Gasteiger partial charge in [0, 0.05) is 25.7 Å². The maximum atomic E-state index is 10.8. The van der Waals surface area contributed by atoms with Gasteiger partial charge in [0.1, 0.15) is 24.4 Å². The van der Waals surface area contributed by atoms with E-state index < -0.39 is 36.2 Å². The van der Waals surface area contributed by atoms with Crippen LogP contribution in [0.3, 0.4) is 0 Å². The van der Waals surface area contributed by atoms with E-state index in [4.69, 9.17) is 23.7 Å². The third-order valence-corrected chi connectivity index (χ3v) is 6.39. The molecule has 5 fully saturated rings. The minimum atomic E-state index is -0.719. The van der Waals surface area contributed by atoms with Crippen molar-refractivity contribution in [2.75, 3.05) is 6.61 Å². The molecule has 2 saturated carbocycles. The maximum absolute atomic E-state index is 10.8. The van der Waals surface area contributed by atoms with Crippen molar-refractivity contribution in [1.82, 2.24) is 0 Å². The normalized spacial score (nSPS) is 46.6. The predicted octanol–water partition coefficient (Wildman–Crippen LogP) is 2.22. The molecule has 6 heteroatoms. The van der Waals surface area contributed by atoms with Gasteiger partial charge in [-0.25, -0.2) is 0 Å². The van der Waals surface area contributed by atoms with Gasteiger partial charge in [-0.2, -0.15) is 0 Å². The summed E-state index contributed by atoms with van der Waals surface area (Å²) >= 11 is 0. The molecule has 2 aliphatic carbocycles. The van der Waals surface area contributed by atoms with Crippen LogP contribution >= 0.6 is 0 Å². The van der Waals surface area contributed by atoms with Crippen molar-refractivity contribution < 1.29 is 28.8 Å². The lowest BCUT2D eigenvalue weighted by molar-refractivity contribution is -0.259. The van der Waals surface area contributed by atoms with Gasteiger partial charge < -0.3 is 28.8 Å². The summed E-state index contributed by atoms with van der Waals surface area (Å²) in [6.45, 7) is 0.478. The summed E-state index contributed by atoms with van der Waals surface area (Å²) < 4.78 is 30.5. The quantitative estimate of drug-likeness (QED) is 0.789. The topological polar surface area (TPSA) is 66.4 Å². The van der Waals surface area contributed by atoms with Crippen molar-refractivity contribution in [3.63, 3.8) is 0 Å². The lowest BCUT2D eigenvalue weighted by atomic mass is 9.94. The lowest BCUT2D eigenvalue weighted by Gasteiger charge is -2.34. The second-order valence-electron chi connectivity index (χ2n) is 8.07. The van der Waals surface area contributed by atoms with E-state index in [-0.39, 0.29) is 6.10 Å². The van der Waals surface area contributed by atoms with Crippen LogP contribution in [0, 0.1) is 0 Å². The fraction of sp³-hybridized carbons (Fsp3) is 1.00. The third-order valence-electron chi connectivity index (χ3n) is 6.39. The van der Waals surface area contributed by atoms with Gasteiger partial charge in [0.25, 0.3) is 0 Å². The first-order chi connectivity index (χ1) is 11.7. The van der Waals surface area contributed by atoms with E-state index in [0.29, 0.717) is 6.61 Å². The molecular weight excluding hydrogens is 312 g/mol. The van der Waals surface area contributed by atoms with Crippen LogP contribution < -0.4 is 0 Å². The zero-order valence-electron chi connectivity index (χ0n) is 14.2. The average molecular weight is 340 g/mol. The maximum Gasteiger partial charge on any atom is 0.190 e. The van der Waals surface area contributed by atoms with Gasteiger partial charge in [0.15, 0.2) is 17.9 Å². The van der Waals surface area contributed by atoms with Crippen LogP contribution in [0.2, 0.25) is 0 Å². The first kappa shape index (κ1) is 16.0. The Morgan fingerprint density at radius 2 is 1.38 bits per heavy atom. The zero-order valence-corrected chi connectivity index (χ0v) is 14.2. The van der Waals surface area contributed by atoms with Gasteiger partial charge in [-0.3, -0.25) is 0 Å². The number of ether oxygens (including phenoxy) is 5. The smallest absolute Gasteiger partial charge is 0.190 e. The molecule has 3 aliphatic heterocycles. The van der Waals surface area contributed by atoms with E-state index >= 15 is 0 Å². The Hall–Kier alpha value is -0.240. The van der Waals surface area contributed by atoms with Crippen molar-refractivity contribution in [1.29, 1.82) is 0 Å². The van der Waals surface area contributed by atoms with Crippen LogP contribution in [-0.4, -0.2) is 54.0 Å². The number of aliphatic hydroxyl groups excluding tert-OH is 1. The standard InChI is InChI=1S/C18H28O6/c19-13-14(12-11-20-17(22-12)7-3-1-4-8-17)21-16-15(13)23-18(24-16)9-5-2-6-10-18/h12-16,19H,1-11H2/t12-,13-,14-,15+,16+/m0/s1. The van der Waals surface area contributed by atoms with Gasteiger partial charge in [-0.05, 0) is 25.7 Å². The molecule has 5 rings (SSSR count). The molecule has 136 valence electrons. The molecule has 24 heavy (non-hydrogen) atoms. The van der Waals surface area contributed by atoms with Crippen molar-refractivity contribution in [2.45, 2.75) is 106 Å². The summed E-state index contributed by atoms with van der Waals surface area (Å²) in [6, 6.07) is 0. The predicted molar refractivity (Wildman–Crippen MR) is 83.1 cm³/mol. The Morgan fingerprint density at radius 3 is 2.04 bits per heavy atom. The zero-order chi connectivity index (χ0) is 16.2. The first-order valence-corrected chi connectivity index (χ1v) is 9.70. The minimum Gasteiger partial charge on any atom is -0.387 e. The molecule has 0 amide bonds. The first-order valence-electron chi connectivity index (χ1n) is 9.70. The molecule has 5 aliphatic rings. The number of rotatable bonds is 1. The number of aliphatic hydroxyl groups is 1. The lowest BCUT2D eigenvalue weighted by Crippen LogP contribution is -2.44. The van der Waals surface area contributed by atoms with Crippen LogP contribution in [0.1, 0.15) is 64.2 Å². The summed E-state index contributed by atoms with van der Waals surface area (Å²) in [5.41, 5.74) is 0. The van der Waals surface area contributed by atoms with Crippen molar-refractivity contribution in [3.8, 4) is 0 Å². The van der Waals surface area contributed by atoms with Crippen molar-refractivity contribution in [2.24, 2.45) is 0 Å². The third kappa shape index (κ3) is 2.54. The molecule has 5 atom stereocenters. The molecular formula is C18H28O6. The van der Waals surface area contributed by atoms with E-state index in [1.807, 2.05) is 0 Å². The summed E-state index contributed by atoms with van der Waals surface area (Å²) in [7, 11) is 0. The SMILES string of the molecule is O[C@H]1[C@H]([C@@H]2COC3(CCCCC3)O2)O[C@@H]2OC3(CCCCC3)O[C@@H]21.